The third-order valence-corrected chi connectivity index (χ3v) is 4.30. The Morgan fingerprint density at radius 3 is 2.92 bits per heavy atom. The average Bonchev–Trinajstić information content (AvgIpc) is 2.60. The Labute approximate surface area is 145 Å². The van der Waals surface area contributed by atoms with Crippen molar-refractivity contribution in [2.75, 3.05) is 6.54 Å². The molecule has 1 aromatic carbocycles. The van der Waals surface area contributed by atoms with Gasteiger partial charge in [-0.05, 0) is 42.5 Å². The van der Waals surface area contributed by atoms with Crippen molar-refractivity contribution in [3.63, 3.8) is 0 Å². The van der Waals surface area contributed by atoms with Crippen molar-refractivity contribution in [3.8, 4) is 0 Å². The van der Waals surface area contributed by atoms with Gasteiger partial charge in [0.05, 0.1) is 12.6 Å². The molecule has 0 aliphatic heterocycles. The predicted molar refractivity (Wildman–Crippen MR) is 91.8 cm³/mol. The van der Waals surface area contributed by atoms with Crippen LogP contribution in [0.15, 0.2) is 42.6 Å². The summed E-state index contributed by atoms with van der Waals surface area (Å²) in [4.78, 5) is 28.1. The molecule has 0 spiro atoms. The van der Waals surface area contributed by atoms with Crippen LogP contribution in [0, 0.1) is 0 Å². The molecule has 0 radical (unpaired) electrons. The first-order chi connectivity index (χ1) is 11.6. The minimum atomic E-state index is -0.420. The van der Waals surface area contributed by atoms with E-state index in [-0.39, 0.29) is 24.2 Å². The monoisotopic (exact) mass is 343 g/mol. The van der Waals surface area contributed by atoms with Gasteiger partial charge in [-0.15, -0.1) is 0 Å². The minimum absolute atomic E-state index is 0.00338. The molecule has 2 amide bonds. The molecule has 124 valence electrons. The smallest absolute Gasteiger partial charge is 0.270 e. The summed E-state index contributed by atoms with van der Waals surface area (Å²) in [6.07, 6.45) is 4.45. The third kappa shape index (κ3) is 3.92. The first-order valence-electron chi connectivity index (χ1n) is 7.90. The zero-order chi connectivity index (χ0) is 16.9. The maximum absolute atomic E-state index is 12.2. The summed E-state index contributed by atoms with van der Waals surface area (Å²) in [5.74, 6) is -0.635. The number of carbonyl (C=O) groups excluding carboxylic acids is 2. The number of amides is 2. The number of aromatic nitrogens is 1. The topological polar surface area (TPSA) is 71.1 Å². The fraction of sp³-hybridized carbons (Fsp3) is 0.278. The molecule has 5 nitrogen and oxygen atoms in total. The molecule has 24 heavy (non-hydrogen) atoms. The van der Waals surface area contributed by atoms with Gasteiger partial charge in [-0.1, -0.05) is 35.9 Å². The second-order valence-corrected chi connectivity index (χ2v) is 6.19. The number of nitrogens with one attached hydrogen (secondary N) is 2. The average molecular weight is 344 g/mol. The zero-order valence-corrected chi connectivity index (χ0v) is 13.8. The molecule has 3 rings (SSSR count). The Bertz CT molecular complexity index is 763. The summed E-state index contributed by atoms with van der Waals surface area (Å²) < 4.78 is 0. The highest BCUT2D eigenvalue weighted by Crippen LogP contribution is 2.29. The van der Waals surface area contributed by atoms with Gasteiger partial charge >= 0.3 is 0 Å². The van der Waals surface area contributed by atoms with Gasteiger partial charge in [-0.2, -0.15) is 0 Å². The van der Waals surface area contributed by atoms with Gasteiger partial charge in [0.25, 0.3) is 5.91 Å². The largest absolute Gasteiger partial charge is 0.348 e. The van der Waals surface area contributed by atoms with Gasteiger partial charge in [0.2, 0.25) is 5.91 Å². The van der Waals surface area contributed by atoms with E-state index < -0.39 is 5.91 Å². The Balaban J connectivity index is 1.56. The molecule has 0 saturated heterocycles. The number of halogens is 1. The van der Waals surface area contributed by atoms with Crippen molar-refractivity contribution in [2.24, 2.45) is 0 Å². The van der Waals surface area contributed by atoms with Gasteiger partial charge in [0, 0.05) is 11.2 Å². The lowest BCUT2D eigenvalue weighted by atomic mass is 9.88. The van der Waals surface area contributed by atoms with Crippen molar-refractivity contribution < 1.29 is 9.59 Å². The summed E-state index contributed by atoms with van der Waals surface area (Å²) >= 11 is 5.83. The maximum atomic E-state index is 12.2. The molecule has 0 unspecified atom stereocenters. The SMILES string of the molecule is O=C(CNC(=O)c1cc(Cl)ccn1)N[C@H]1CCCc2ccccc21. The van der Waals surface area contributed by atoms with Crippen LogP contribution in [0.4, 0.5) is 0 Å². The molecule has 1 aliphatic carbocycles. The van der Waals surface area contributed by atoms with Gasteiger partial charge < -0.3 is 10.6 Å². The van der Waals surface area contributed by atoms with Crippen LogP contribution in [0.5, 0.6) is 0 Å². The quantitative estimate of drug-likeness (QED) is 0.896. The van der Waals surface area contributed by atoms with Crippen LogP contribution in [0.3, 0.4) is 0 Å². The zero-order valence-electron chi connectivity index (χ0n) is 13.1. The molecular weight excluding hydrogens is 326 g/mol. The van der Waals surface area contributed by atoms with E-state index in [1.165, 1.54) is 23.4 Å². The van der Waals surface area contributed by atoms with Crippen LogP contribution in [-0.2, 0) is 11.2 Å². The van der Waals surface area contributed by atoms with E-state index >= 15 is 0 Å². The highest BCUT2D eigenvalue weighted by molar-refractivity contribution is 6.30. The minimum Gasteiger partial charge on any atom is -0.348 e. The number of fused-ring (bicyclic) bond motifs is 1. The summed E-state index contributed by atoms with van der Waals surface area (Å²) in [5.41, 5.74) is 2.64. The molecule has 1 heterocycles. The number of carbonyl (C=O) groups is 2. The van der Waals surface area contributed by atoms with Crippen molar-refractivity contribution in [1.82, 2.24) is 15.6 Å². The van der Waals surface area contributed by atoms with E-state index in [0.29, 0.717) is 5.02 Å². The lowest BCUT2D eigenvalue weighted by Gasteiger charge is -2.26. The number of rotatable bonds is 4. The van der Waals surface area contributed by atoms with E-state index in [0.717, 1.165) is 19.3 Å². The molecule has 0 bridgehead atoms. The second-order valence-electron chi connectivity index (χ2n) is 5.75. The lowest BCUT2D eigenvalue weighted by Crippen LogP contribution is -2.39. The molecule has 0 fully saturated rings. The predicted octanol–water partition coefficient (Wildman–Crippen LogP) is 2.66. The van der Waals surface area contributed by atoms with Crippen molar-refractivity contribution >= 4 is 23.4 Å². The summed E-state index contributed by atoms with van der Waals surface area (Å²) in [7, 11) is 0. The van der Waals surface area contributed by atoms with Gasteiger partial charge in [-0.3, -0.25) is 14.6 Å². The standard InChI is InChI=1S/C18H18ClN3O2/c19-13-8-9-20-16(10-13)18(24)21-11-17(23)22-15-7-3-5-12-4-1-2-6-14(12)15/h1-2,4,6,8-10,15H,3,5,7,11H2,(H,21,24)(H,22,23)/t15-/m0/s1. The summed E-state index contributed by atoms with van der Waals surface area (Å²) in [5, 5.41) is 5.99. The summed E-state index contributed by atoms with van der Waals surface area (Å²) in [6, 6.07) is 11.2. The molecule has 0 saturated carbocycles. The lowest BCUT2D eigenvalue weighted by molar-refractivity contribution is -0.121. The van der Waals surface area contributed by atoms with E-state index in [2.05, 4.69) is 21.7 Å². The maximum Gasteiger partial charge on any atom is 0.270 e. The highest BCUT2D eigenvalue weighted by Gasteiger charge is 2.21. The number of pyridine rings is 1. The van der Waals surface area contributed by atoms with Crippen LogP contribution in [0.1, 0.15) is 40.5 Å². The van der Waals surface area contributed by atoms with E-state index in [4.69, 9.17) is 11.6 Å². The van der Waals surface area contributed by atoms with Crippen LogP contribution in [-0.4, -0.2) is 23.3 Å². The van der Waals surface area contributed by atoms with Crippen molar-refractivity contribution in [3.05, 3.63) is 64.4 Å². The van der Waals surface area contributed by atoms with Crippen molar-refractivity contribution in [1.29, 1.82) is 0 Å². The van der Waals surface area contributed by atoms with Gasteiger partial charge in [-0.25, -0.2) is 0 Å². The molecule has 1 aliphatic rings. The van der Waals surface area contributed by atoms with Gasteiger partial charge in [0.1, 0.15) is 5.69 Å². The normalized spacial score (nSPS) is 16.1. The molecule has 2 N–H and O–H groups in total. The Kier molecular flexibility index (Phi) is 5.11. The fourth-order valence-electron chi connectivity index (χ4n) is 2.93. The van der Waals surface area contributed by atoms with Crippen molar-refractivity contribution in [2.45, 2.75) is 25.3 Å². The first kappa shape index (κ1) is 16.5. The third-order valence-electron chi connectivity index (χ3n) is 4.07. The Morgan fingerprint density at radius 2 is 2.08 bits per heavy atom. The van der Waals surface area contributed by atoms with Gasteiger partial charge in [0.15, 0.2) is 0 Å². The molecule has 2 aromatic rings. The molecule has 6 heteroatoms. The van der Waals surface area contributed by atoms with Crippen LogP contribution < -0.4 is 10.6 Å². The van der Waals surface area contributed by atoms with Crippen LogP contribution in [0.25, 0.3) is 0 Å². The van der Waals surface area contributed by atoms with E-state index in [1.807, 2.05) is 18.2 Å². The second kappa shape index (κ2) is 7.45. The number of benzene rings is 1. The fourth-order valence-corrected chi connectivity index (χ4v) is 3.09. The first-order valence-corrected chi connectivity index (χ1v) is 8.28. The highest BCUT2D eigenvalue weighted by atomic mass is 35.5. The molecule has 1 atom stereocenters. The Hall–Kier alpha value is -2.40. The number of hydrogen-bond donors (Lipinski definition) is 2. The van der Waals surface area contributed by atoms with E-state index in [9.17, 15) is 9.59 Å². The number of nitrogens with zero attached hydrogens (tertiary/aromatic N) is 1. The van der Waals surface area contributed by atoms with Crippen LogP contribution in [0.2, 0.25) is 5.02 Å². The van der Waals surface area contributed by atoms with E-state index in [1.54, 1.807) is 6.07 Å². The van der Waals surface area contributed by atoms with Crippen LogP contribution >= 0.6 is 11.6 Å². The summed E-state index contributed by atoms with van der Waals surface area (Å²) in [6.45, 7) is -0.0916. The molecule has 1 aromatic heterocycles. The Morgan fingerprint density at radius 1 is 1.25 bits per heavy atom. The molecular formula is C18H18ClN3O2. The number of hydrogen-bond acceptors (Lipinski definition) is 3. The number of aryl methyl sites for hydroxylation is 1.